The first-order valence-electron chi connectivity index (χ1n) is 9.67. The fourth-order valence-corrected chi connectivity index (χ4v) is 4.21. The zero-order valence-electron chi connectivity index (χ0n) is 15.2. The summed E-state index contributed by atoms with van der Waals surface area (Å²) in [6, 6.07) is 8.06. The SMILES string of the molecule is O=C(NCc1ccccc1Cl)C(=O)NCC1CCN(C2CCCC2)CC1. The van der Waals surface area contributed by atoms with Crippen LogP contribution >= 0.6 is 11.6 Å². The van der Waals surface area contributed by atoms with Gasteiger partial charge in [0.25, 0.3) is 0 Å². The van der Waals surface area contributed by atoms with E-state index < -0.39 is 11.8 Å². The second-order valence-corrected chi connectivity index (χ2v) is 7.81. The first kappa shape index (κ1) is 19.2. The van der Waals surface area contributed by atoms with Crippen molar-refractivity contribution in [3.05, 3.63) is 34.9 Å². The molecule has 1 saturated carbocycles. The average molecular weight is 378 g/mol. The molecule has 2 aliphatic rings. The number of piperidine rings is 1. The summed E-state index contributed by atoms with van der Waals surface area (Å²) in [5, 5.41) is 6.00. The minimum atomic E-state index is -0.603. The van der Waals surface area contributed by atoms with E-state index in [2.05, 4.69) is 15.5 Å². The van der Waals surface area contributed by atoms with Crippen LogP contribution in [0.3, 0.4) is 0 Å². The van der Waals surface area contributed by atoms with Crippen LogP contribution in [0.25, 0.3) is 0 Å². The van der Waals surface area contributed by atoms with E-state index in [0.29, 0.717) is 17.5 Å². The van der Waals surface area contributed by atoms with Crippen LogP contribution in [0.5, 0.6) is 0 Å². The van der Waals surface area contributed by atoms with Crippen molar-refractivity contribution in [1.82, 2.24) is 15.5 Å². The molecular weight excluding hydrogens is 350 g/mol. The molecular formula is C20H28ClN3O2. The lowest BCUT2D eigenvalue weighted by Crippen LogP contribution is -2.45. The maximum absolute atomic E-state index is 12.0. The molecule has 6 heteroatoms. The van der Waals surface area contributed by atoms with Crippen LogP contribution in [0, 0.1) is 5.92 Å². The molecule has 2 amide bonds. The van der Waals surface area contributed by atoms with Crippen molar-refractivity contribution < 1.29 is 9.59 Å². The van der Waals surface area contributed by atoms with E-state index in [1.165, 1.54) is 25.7 Å². The average Bonchev–Trinajstić information content (AvgIpc) is 3.20. The largest absolute Gasteiger partial charge is 0.348 e. The van der Waals surface area contributed by atoms with Crippen LogP contribution in [-0.2, 0) is 16.1 Å². The summed E-state index contributed by atoms with van der Waals surface area (Å²) in [5.74, 6) is -0.698. The second kappa shape index (κ2) is 9.38. The van der Waals surface area contributed by atoms with E-state index in [1.807, 2.05) is 18.2 Å². The monoisotopic (exact) mass is 377 g/mol. The highest BCUT2D eigenvalue weighted by Crippen LogP contribution is 2.27. The number of likely N-dealkylation sites (tertiary alicyclic amines) is 1. The van der Waals surface area contributed by atoms with Crippen LogP contribution in [0.2, 0.25) is 5.02 Å². The van der Waals surface area contributed by atoms with Gasteiger partial charge in [0.15, 0.2) is 0 Å². The van der Waals surface area contributed by atoms with Gasteiger partial charge in [-0.2, -0.15) is 0 Å². The van der Waals surface area contributed by atoms with Gasteiger partial charge in [-0.25, -0.2) is 0 Å². The summed E-state index contributed by atoms with van der Waals surface area (Å²) in [7, 11) is 0. The minimum Gasteiger partial charge on any atom is -0.348 e. The van der Waals surface area contributed by atoms with Crippen molar-refractivity contribution in [1.29, 1.82) is 0 Å². The van der Waals surface area contributed by atoms with E-state index in [4.69, 9.17) is 11.6 Å². The molecule has 0 radical (unpaired) electrons. The number of rotatable bonds is 5. The molecule has 0 spiro atoms. The van der Waals surface area contributed by atoms with Crippen LogP contribution < -0.4 is 10.6 Å². The van der Waals surface area contributed by atoms with Crippen LogP contribution in [0.4, 0.5) is 0 Å². The third-order valence-corrected chi connectivity index (χ3v) is 6.01. The molecule has 0 aromatic heterocycles. The molecule has 1 aromatic rings. The molecule has 0 atom stereocenters. The van der Waals surface area contributed by atoms with Gasteiger partial charge in [-0.15, -0.1) is 0 Å². The lowest BCUT2D eigenvalue weighted by atomic mass is 9.95. The number of carbonyl (C=O) groups is 2. The van der Waals surface area contributed by atoms with Crippen molar-refractivity contribution >= 4 is 23.4 Å². The Hall–Kier alpha value is -1.59. The molecule has 0 bridgehead atoms. The predicted octanol–water partition coefficient (Wildman–Crippen LogP) is 2.73. The van der Waals surface area contributed by atoms with Crippen molar-refractivity contribution in [3.63, 3.8) is 0 Å². The number of benzene rings is 1. The molecule has 1 aromatic carbocycles. The van der Waals surface area contributed by atoms with Crippen molar-refractivity contribution in [3.8, 4) is 0 Å². The maximum atomic E-state index is 12.0. The molecule has 2 N–H and O–H groups in total. The molecule has 1 aliphatic heterocycles. The van der Waals surface area contributed by atoms with Crippen molar-refractivity contribution in [2.45, 2.75) is 51.1 Å². The van der Waals surface area contributed by atoms with Crippen LogP contribution in [-0.4, -0.2) is 42.4 Å². The fraction of sp³-hybridized carbons (Fsp3) is 0.600. The zero-order valence-corrected chi connectivity index (χ0v) is 15.9. The molecule has 1 saturated heterocycles. The highest BCUT2D eigenvalue weighted by Gasteiger charge is 2.27. The summed E-state index contributed by atoms with van der Waals surface area (Å²) in [5.41, 5.74) is 0.801. The lowest BCUT2D eigenvalue weighted by Gasteiger charge is -2.36. The van der Waals surface area contributed by atoms with Gasteiger partial charge in [-0.05, 0) is 56.3 Å². The normalized spacial score (nSPS) is 19.4. The van der Waals surface area contributed by atoms with Crippen molar-refractivity contribution in [2.75, 3.05) is 19.6 Å². The third kappa shape index (κ3) is 5.21. The number of nitrogens with zero attached hydrogens (tertiary/aromatic N) is 1. The maximum Gasteiger partial charge on any atom is 0.309 e. The van der Waals surface area contributed by atoms with Crippen LogP contribution in [0.1, 0.15) is 44.1 Å². The topological polar surface area (TPSA) is 61.4 Å². The standard InChI is InChI=1S/C20H28ClN3O2/c21-18-8-4-1-5-16(18)14-23-20(26)19(25)22-13-15-9-11-24(12-10-15)17-6-2-3-7-17/h1,4-5,8,15,17H,2-3,6-7,9-14H2,(H,22,25)(H,23,26). The summed E-state index contributed by atoms with van der Waals surface area (Å²) in [4.78, 5) is 26.6. The van der Waals surface area contributed by atoms with Crippen molar-refractivity contribution in [2.24, 2.45) is 5.92 Å². The van der Waals surface area contributed by atoms with E-state index >= 15 is 0 Å². The summed E-state index contributed by atoms with van der Waals surface area (Å²) < 4.78 is 0. The Balaban J connectivity index is 1.34. The smallest absolute Gasteiger partial charge is 0.309 e. The van der Waals surface area contributed by atoms with Gasteiger partial charge in [-0.1, -0.05) is 42.6 Å². The lowest BCUT2D eigenvalue weighted by molar-refractivity contribution is -0.139. The molecule has 26 heavy (non-hydrogen) atoms. The molecule has 0 unspecified atom stereocenters. The second-order valence-electron chi connectivity index (χ2n) is 7.40. The van der Waals surface area contributed by atoms with Gasteiger partial charge in [0.1, 0.15) is 0 Å². The minimum absolute atomic E-state index is 0.256. The highest BCUT2D eigenvalue weighted by molar-refractivity contribution is 6.35. The molecule has 2 fully saturated rings. The summed E-state index contributed by atoms with van der Waals surface area (Å²) >= 11 is 6.05. The number of nitrogens with one attached hydrogen (secondary N) is 2. The van der Waals surface area contributed by atoms with E-state index in [-0.39, 0.29) is 6.54 Å². The molecule has 1 heterocycles. The Morgan fingerprint density at radius 3 is 2.35 bits per heavy atom. The van der Waals surface area contributed by atoms with Gasteiger partial charge >= 0.3 is 11.8 Å². The van der Waals surface area contributed by atoms with Crippen LogP contribution in [0.15, 0.2) is 24.3 Å². The predicted molar refractivity (Wildman–Crippen MR) is 103 cm³/mol. The quantitative estimate of drug-likeness (QED) is 0.775. The molecule has 1 aliphatic carbocycles. The van der Waals surface area contributed by atoms with Gasteiger partial charge in [0, 0.05) is 24.2 Å². The zero-order chi connectivity index (χ0) is 18.4. The number of halogens is 1. The number of hydrogen-bond acceptors (Lipinski definition) is 3. The molecule has 3 rings (SSSR count). The summed E-state index contributed by atoms with van der Waals surface area (Å²) in [6.07, 6.45) is 7.60. The highest BCUT2D eigenvalue weighted by atomic mass is 35.5. The van der Waals surface area contributed by atoms with Gasteiger partial charge in [0.05, 0.1) is 0 Å². The fourth-order valence-electron chi connectivity index (χ4n) is 4.01. The van der Waals surface area contributed by atoms with E-state index in [1.54, 1.807) is 6.07 Å². The summed E-state index contributed by atoms with van der Waals surface area (Å²) in [6.45, 7) is 3.07. The van der Waals surface area contributed by atoms with Gasteiger partial charge in [-0.3, -0.25) is 9.59 Å². The van der Waals surface area contributed by atoms with Gasteiger partial charge < -0.3 is 15.5 Å². The number of hydrogen-bond donors (Lipinski definition) is 2. The number of amides is 2. The molecule has 5 nitrogen and oxygen atoms in total. The van der Waals surface area contributed by atoms with Gasteiger partial charge in [0.2, 0.25) is 0 Å². The first-order chi connectivity index (χ1) is 12.6. The van der Waals surface area contributed by atoms with E-state index in [9.17, 15) is 9.59 Å². The Bertz CT molecular complexity index is 623. The Morgan fingerprint density at radius 2 is 1.65 bits per heavy atom. The Labute approximate surface area is 160 Å². The molecule has 142 valence electrons. The number of carbonyl (C=O) groups excluding carboxylic acids is 2. The Kier molecular flexibility index (Phi) is 6.92. The Morgan fingerprint density at radius 1 is 1.00 bits per heavy atom. The third-order valence-electron chi connectivity index (χ3n) is 5.64. The first-order valence-corrected chi connectivity index (χ1v) is 10.0. The van der Waals surface area contributed by atoms with E-state index in [0.717, 1.165) is 37.5 Å².